The maximum atomic E-state index is 13.2. The van der Waals surface area contributed by atoms with Gasteiger partial charge in [0.25, 0.3) is 0 Å². The van der Waals surface area contributed by atoms with E-state index in [9.17, 15) is 9.59 Å². The molecule has 1 saturated heterocycles. The Morgan fingerprint density at radius 1 is 0.920 bits per heavy atom. The minimum absolute atomic E-state index is 0.0504. The molecule has 2 bridgehead atoms. The largest absolute Gasteiger partial charge is 0.274 e. The van der Waals surface area contributed by atoms with E-state index in [0.29, 0.717) is 11.8 Å². The van der Waals surface area contributed by atoms with Crippen LogP contribution in [0.1, 0.15) is 25.0 Å². The second-order valence-electron chi connectivity index (χ2n) is 8.36. The van der Waals surface area contributed by atoms with Crippen LogP contribution in [0.4, 0.5) is 5.69 Å². The number of benzene rings is 1. The van der Waals surface area contributed by atoms with Crippen molar-refractivity contribution in [1.82, 2.24) is 4.98 Å². The molecule has 4 saturated carbocycles. The third-order valence-electron chi connectivity index (χ3n) is 7.22. The number of pyridine rings is 1. The molecule has 2 heterocycles. The van der Waals surface area contributed by atoms with Crippen LogP contribution in [0.5, 0.6) is 0 Å². The number of imide groups is 1. The lowest BCUT2D eigenvalue weighted by molar-refractivity contribution is -0.129. The Morgan fingerprint density at radius 2 is 1.60 bits per heavy atom. The molecule has 6 atom stereocenters. The minimum Gasteiger partial charge on any atom is -0.274 e. The van der Waals surface area contributed by atoms with E-state index in [4.69, 9.17) is 0 Å². The summed E-state index contributed by atoms with van der Waals surface area (Å²) in [6, 6.07) is 9.72. The highest BCUT2D eigenvalue weighted by atomic mass is 16.2. The molecule has 7 rings (SSSR count). The van der Waals surface area contributed by atoms with Crippen LogP contribution in [0.3, 0.4) is 0 Å². The minimum atomic E-state index is -0.0539. The highest BCUT2D eigenvalue weighted by molar-refractivity contribution is 6.22. The predicted molar refractivity (Wildman–Crippen MR) is 93.8 cm³/mol. The maximum absolute atomic E-state index is 13.2. The molecule has 0 N–H and O–H groups in total. The number of aromatic nitrogens is 1. The SMILES string of the molecule is Cc1ccc2cc(N3C(=O)[C@@H]4[C@@H]5CC[C@@H]([C@H]6C[C@H]65)[C@@H]4C3=O)ccc2n1. The smallest absolute Gasteiger partial charge is 0.237 e. The number of hydrogen-bond donors (Lipinski definition) is 0. The summed E-state index contributed by atoms with van der Waals surface area (Å²) in [6.07, 6.45) is 3.53. The van der Waals surface area contributed by atoms with Crippen molar-refractivity contribution >= 4 is 28.4 Å². The average molecular weight is 332 g/mol. The van der Waals surface area contributed by atoms with Gasteiger partial charge in [-0.15, -0.1) is 0 Å². The molecule has 0 spiro atoms. The number of fused-ring (bicyclic) bond motifs is 2. The van der Waals surface area contributed by atoms with Gasteiger partial charge in [-0.25, -0.2) is 0 Å². The Labute approximate surface area is 146 Å². The molecule has 0 unspecified atom stereocenters. The highest BCUT2D eigenvalue weighted by Gasteiger charge is 2.68. The van der Waals surface area contributed by atoms with Crippen molar-refractivity contribution in [2.75, 3.05) is 4.90 Å². The number of carbonyl (C=O) groups excluding carboxylic acids is 2. The molecule has 1 aromatic carbocycles. The Morgan fingerprint density at radius 3 is 2.28 bits per heavy atom. The van der Waals surface area contributed by atoms with Crippen molar-refractivity contribution in [1.29, 1.82) is 0 Å². The third kappa shape index (κ3) is 1.70. The highest BCUT2D eigenvalue weighted by Crippen LogP contribution is 2.68. The first-order chi connectivity index (χ1) is 12.1. The van der Waals surface area contributed by atoms with Gasteiger partial charge in [-0.3, -0.25) is 19.5 Å². The van der Waals surface area contributed by atoms with Gasteiger partial charge >= 0.3 is 0 Å². The van der Waals surface area contributed by atoms with Crippen LogP contribution in [0.25, 0.3) is 10.9 Å². The van der Waals surface area contributed by atoms with Gasteiger partial charge in [0.05, 0.1) is 23.0 Å². The van der Waals surface area contributed by atoms with Crippen LogP contribution in [0.15, 0.2) is 30.3 Å². The fraction of sp³-hybridized carbons (Fsp3) is 0.476. The molecule has 2 amide bonds. The van der Waals surface area contributed by atoms with Crippen LogP contribution in [-0.2, 0) is 9.59 Å². The lowest BCUT2D eigenvalue weighted by atomic mass is 9.59. The lowest BCUT2D eigenvalue weighted by Gasteiger charge is -2.42. The number of rotatable bonds is 1. The zero-order chi connectivity index (χ0) is 16.9. The summed E-state index contributed by atoms with van der Waals surface area (Å²) in [7, 11) is 0. The van der Waals surface area contributed by atoms with Crippen molar-refractivity contribution in [2.24, 2.45) is 35.5 Å². The van der Waals surface area contributed by atoms with E-state index in [1.165, 1.54) is 11.3 Å². The molecule has 1 aromatic heterocycles. The summed E-state index contributed by atoms with van der Waals surface area (Å²) in [4.78, 5) is 32.4. The van der Waals surface area contributed by atoms with Gasteiger partial charge < -0.3 is 0 Å². The fourth-order valence-electron chi connectivity index (χ4n) is 6.15. The molecule has 4 aliphatic carbocycles. The van der Waals surface area contributed by atoms with E-state index < -0.39 is 0 Å². The summed E-state index contributed by atoms with van der Waals surface area (Å²) in [5.74, 6) is 2.34. The van der Waals surface area contributed by atoms with Gasteiger partial charge in [0.2, 0.25) is 11.8 Å². The second kappa shape index (κ2) is 4.48. The Balaban J connectivity index is 1.44. The van der Waals surface area contributed by atoms with Crippen LogP contribution in [0.2, 0.25) is 0 Å². The average Bonchev–Trinajstić information content (AvgIpc) is 3.39. The van der Waals surface area contributed by atoms with Gasteiger partial charge in [0.15, 0.2) is 0 Å². The number of hydrogen-bond acceptors (Lipinski definition) is 3. The quantitative estimate of drug-likeness (QED) is 0.753. The van der Waals surface area contributed by atoms with Crippen molar-refractivity contribution in [3.05, 3.63) is 36.0 Å². The zero-order valence-corrected chi connectivity index (χ0v) is 14.2. The molecule has 5 aliphatic rings. The number of amides is 2. The molecular formula is C21H20N2O2. The Bertz CT molecular complexity index is 918. The molecule has 1 aliphatic heterocycles. The summed E-state index contributed by atoms with van der Waals surface area (Å²) in [5, 5.41) is 0.976. The van der Waals surface area contributed by atoms with E-state index in [1.807, 2.05) is 37.3 Å². The summed E-state index contributed by atoms with van der Waals surface area (Å²) in [6.45, 7) is 1.96. The lowest BCUT2D eigenvalue weighted by Crippen LogP contribution is -2.43. The molecule has 4 heteroatoms. The molecular weight excluding hydrogens is 312 g/mol. The van der Waals surface area contributed by atoms with Crippen molar-refractivity contribution < 1.29 is 9.59 Å². The predicted octanol–water partition coefficient (Wildman–Crippen LogP) is 3.32. The van der Waals surface area contributed by atoms with E-state index >= 15 is 0 Å². The first-order valence-corrected chi connectivity index (χ1v) is 9.39. The van der Waals surface area contributed by atoms with Crippen LogP contribution < -0.4 is 4.90 Å². The van der Waals surface area contributed by atoms with Gasteiger partial charge in [0.1, 0.15) is 0 Å². The maximum Gasteiger partial charge on any atom is 0.237 e. The molecule has 25 heavy (non-hydrogen) atoms. The van der Waals surface area contributed by atoms with Crippen LogP contribution in [0, 0.1) is 42.4 Å². The summed E-state index contributed by atoms with van der Waals surface area (Å²) < 4.78 is 0. The Hall–Kier alpha value is -2.23. The standard InChI is InChI=1S/C21H20N2O2/c1-10-2-3-11-8-12(4-7-17(11)22-10)23-20(24)18-13-5-6-14(16-9-15(13)16)19(18)21(23)25/h2-4,7-8,13-16,18-19H,5-6,9H2,1H3/t13-,14+,15+,16-,18-,19+. The number of carbonyl (C=O) groups is 2. The van der Waals surface area contributed by atoms with E-state index in [1.54, 1.807) is 0 Å². The van der Waals surface area contributed by atoms with Gasteiger partial charge in [-0.2, -0.15) is 0 Å². The molecule has 4 nitrogen and oxygen atoms in total. The number of anilines is 1. The molecule has 5 fully saturated rings. The van der Waals surface area contributed by atoms with E-state index in [-0.39, 0.29) is 23.7 Å². The molecule has 0 radical (unpaired) electrons. The van der Waals surface area contributed by atoms with E-state index in [0.717, 1.165) is 47.0 Å². The van der Waals surface area contributed by atoms with Crippen molar-refractivity contribution in [3.8, 4) is 0 Å². The topological polar surface area (TPSA) is 50.3 Å². The normalized spacial score (nSPS) is 38.2. The second-order valence-corrected chi connectivity index (χ2v) is 8.36. The van der Waals surface area contributed by atoms with Crippen LogP contribution >= 0.6 is 0 Å². The first kappa shape index (κ1) is 14.0. The summed E-state index contributed by atoms with van der Waals surface area (Å²) in [5.41, 5.74) is 2.59. The zero-order valence-electron chi connectivity index (χ0n) is 14.2. The summed E-state index contributed by atoms with van der Waals surface area (Å²) >= 11 is 0. The molecule has 2 aromatic rings. The number of nitrogens with zero attached hydrogens (tertiary/aromatic N) is 2. The number of aryl methyl sites for hydroxylation is 1. The van der Waals surface area contributed by atoms with Crippen LogP contribution in [-0.4, -0.2) is 16.8 Å². The van der Waals surface area contributed by atoms with Gasteiger partial charge in [-0.1, -0.05) is 6.07 Å². The first-order valence-electron chi connectivity index (χ1n) is 9.39. The Kier molecular flexibility index (Phi) is 2.51. The fourth-order valence-corrected chi connectivity index (χ4v) is 6.15. The van der Waals surface area contributed by atoms with Crippen molar-refractivity contribution in [2.45, 2.75) is 26.2 Å². The van der Waals surface area contributed by atoms with E-state index in [2.05, 4.69) is 4.98 Å². The van der Waals surface area contributed by atoms with Gasteiger partial charge in [-0.05, 0) is 74.1 Å². The monoisotopic (exact) mass is 332 g/mol. The molecule has 126 valence electrons. The third-order valence-corrected chi connectivity index (χ3v) is 7.22. The van der Waals surface area contributed by atoms with Gasteiger partial charge in [0, 0.05) is 11.1 Å². The van der Waals surface area contributed by atoms with Crippen molar-refractivity contribution in [3.63, 3.8) is 0 Å².